The van der Waals surface area contributed by atoms with Gasteiger partial charge in [0.2, 0.25) is 0 Å². The number of rotatable bonds is 2. The largest absolute Gasteiger partial charge is 0.0898 e. The Morgan fingerprint density at radius 1 is 0.933 bits per heavy atom. The number of hydrogen-bond donors (Lipinski definition) is 0. The second kappa shape index (κ2) is 4.86. The van der Waals surface area contributed by atoms with Gasteiger partial charge in [-0.15, -0.1) is 0 Å². The highest BCUT2D eigenvalue weighted by molar-refractivity contribution is 9.10. The van der Waals surface area contributed by atoms with Crippen molar-refractivity contribution in [2.45, 2.75) is 16.7 Å². The Kier molecular flexibility index (Phi) is 3.49. The van der Waals surface area contributed by atoms with Crippen LogP contribution >= 0.6 is 27.7 Å². The van der Waals surface area contributed by atoms with Gasteiger partial charge in [-0.25, -0.2) is 0 Å². The van der Waals surface area contributed by atoms with E-state index in [-0.39, 0.29) is 0 Å². The average Bonchev–Trinajstić information content (AvgIpc) is 2.25. The van der Waals surface area contributed by atoms with Gasteiger partial charge in [0.05, 0.1) is 0 Å². The molecule has 0 aliphatic heterocycles. The summed E-state index contributed by atoms with van der Waals surface area (Å²) in [5.74, 6) is 0. The summed E-state index contributed by atoms with van der Waals surface area (Å²) in [6, 6.07) is 16.8. The smallest absolute Gasteiger partial charge is 0.0176 e. The number of hydrogen-bond acceptors (Lipinski definition) is 1. The molecule has 0 radical (unpaired) electrons. The number of halogens is 1. The van der Waals surface area contributed by atoms with Crippen molar-refractivity contribution < 1.29 is 0 Å². The summed E-state index contributed by atoms with van der Waals surface area (Å²) >= 11 is 5.24. The van der Waals surface area contributed by atoms with E-state index in [0.29, 0.717) is 0 Å². The molecule has 0 heterocycles. The van der Waals surface area contributed by atoms with Crippen LogP contribution in [0.4, 0.5) is 0 Å². The molecule has 76 valence electrons. The molecule has 0 aromatic heterocycles. The summed E-state index contributed by atoms with van der Waals surface area (Å²) in [5.41, 5.74) is 1.32. The molecule has 0 atom stereocenters. The summed E-state index contributed by atoms with van der Waals surface area (Å²) in [6.45, 7) is 2.14. The third-order valence-electron chi connectivity index (χ3n) is 2.14. The molecule has 2 rings (SSSR count). The van der Waals surface area contributed by atoms with Gasteiger partial charge in [0.15, 0.2) is 0 Å². The normalized spacial score (nSPS) is 10.3. The fraction of sp³-hybridized carbons (Fsp3) is 0.0769. The van der Waals surface area contributed by atoms with Gasteiger partial charge in [-0.1, -0.05) is 45.9 Å². The molecule has 0 fully saturated rings. The van der Waals surface area contributed by atoms with Gasteiger partial charge in [-0.05, 0) is 42.8 Å². The molecule has 2 heteroatoms. The van der Waals surface area contributed by atoms with Crippen LogP contribution in [0.5, 0.6) is 0 Å². The average molecular weight is 279 g/mol. The quantitative estimate of drug-likeness (QED) is 0.752. The summed E-state index contributed by atoms with van der Waals surface area (Å²) in [6.07, 6.45) is 0. The first-order chi connectivity index (χ1) is 7.25. The summed E-state index contributed by atoms with van der Waals surface area (Å²) in [5, 5.41) is 0. The van der Waals surface area contributed by atoms with Crippen molar-refractivity contribution in [1.82, 2.24) is 0 Å². The molecular weight excluding hydrogens is 268 g/mol. The van der Waals surface area contributed by atoms with E-state index in [9.17, 15) is 0 Å². The van der Waals surface area contributed by atoms with E-state index in [4.69, 9.17) is 0 Å². The zero-order valence-electron chi connectivity index (χ0n) is 8.41. The lowest BCUT2D eigenvalue weighted by Gasteiger charge is -2.04. The fourth-order valence-electron chi connectivity index (χ4n) is 1.30. The lowest BCUT2D eigenvalue weighted by molar-refractivity contribution is 1.29. The molecule has 0 spiro atoms. The highest BCUT2D eigenvalue weighted by atomic mass is 79.9. The van der Waals surface area contributed by atoms with Crippen LogP contribution in [0, 0.1) is 6.92 Å². The molecule has 2 aromatic carbocycles. The molecule has 2 aromatic rings. The second-order valence-corrected chi connectivity index (χ2v) is 5.35. The second-order valence-electron chi connectivity index (χ2n) is 3.32. The van der Waals surface area contributed by atoms with Crippen molar-refractivity contribution in [3.8, 4) is 0 Å². The molecule has 0 unspecified atom stereocenters. The van der Waals surface area contributed by atoms with E-state index in [1.54, 1.807) is 11.8 Å². The minimum absolute atomic E-state index is 1.12. The van der Waals surface area contributed by atoms with E-state index < -0.39 is 0 Å². The van der Waals surface area contributed by atoms with Crippen LogP contribution in [0.15, 0.2) is 62.8 Å². The summed E-state index contributed by atoms with van der Waals surface area (Å²) in [4.78, 5) is 2.59. The molecule has 0 amide bonds. The van der Waals surface area contributed by atoms with Gasteiger partial charge in [-0.2, -0.15) is 0 Å². The molecule has 0 N–H and O–H groups in total. The first-order valence-corrected chi connectivity index (χ1v) is 6.36. The molecule has 0 saturated carbocycles. The van der Waals surface area contributed by atoms with E-state index in [0.717, 1.165) is 4.47 Å². The Labute approximate surface area is 103 Å². The molecule has 0 bridgehead atoms. The van der Waals surface area contributed by atoms with Crippen LogP contribution in [-0.2, 0) is 0 Å². The summed E-state index contributed by atoms with van der Waals surface area (Å²) < 4.78 is 1.12. The monoisotopic (exact) mass is 278 g/mol. The van der Waals surface area contributed by atoms with Crippen molar-refractivity contribution in [2.24, 2.45) is 0 Å². The van der Waals surface area contributed by atoms with E-state index in [1.165, 1.54) is 15.4 Å². The standard InChI is InChI=1S/C13H11BrS/c1-10-4-2-3-5-13(10)15-12-8-6-11(14)7-9-12/h2-9H,1H3. The molecule has 0 saturated heterocycles. The van der Waals surface area contributed by atoms with Crippen LogP contribution in [-0.4, -0.2) is 0 Å². The lowest BCUT2D eigenvalue weighted by Crippen LogP contribution is -1.78. The Balaban J connectivity index is 2.22. The predicted molar refractivity (Wildman–Crippen MR) is 69.4 cm³/mol. The van der Waals surface area contributed by atoms with Crippen LogP contribution < -0.4 is 0 Å². The Morgan fingerprint density at radius 3 is 2.27 bits per heavy atom. The first-order valence-electron chi connectivity index (χ1n) is 4.75. The maximum Gasteiger partial charge on any atom is 0.0176 e. The molecule has 15 heavy (non-hydrogen) atoms. The van der Waals surface area contributed by atoms with Crippen molar-refractivity contribution in [3.05, 3.63) is 58.6 Å². The van der Waals surface area contributed by atoms with Crippen molar-refractivity contribution >= 4 is 27.7 Å². The maximum atomic E-state index is 3.44. The zero-order chi connectivity index (χ0) is 10.7. The van der Waals surface area contributed by atoms with Crippen LogP contribution in [0.2, 0.25) is 0 Å². The fourth-order valence-corrected chi connectivity index (χ4v) is 2.47. The summed E-state index contributed by atoms with van der Waals surface area (Å²) in [7, 11) is 0. The van der Waals surface area contributed by atoms with Crippen molar-refractivity contribution in [2.75, 3.05) is 0 Å². The Hall–Kier alpha value is -0.730. The van der Waals surface area contributed by atoms with Crippen LogP contribution in [0.25, 0.3) is 0 Å². The van der Waals surface area contributed by atoms with Crippen molar-refractivity contribution in [3.63, 3.8) is 0 Å². The maximum absolute atomic E-state index is 3.44. The predicted octanol–water partition coefficient (Wildman–Crippen LogP) is 4.91. The highest BCUT2D eigenvalue weighted by Crippen LogP contribution is 2.30. The number of benzene rings is 2. The van der Waals surface area contributed by atoms with Gasteiger partial charge in [0.1, 0.15) is 0 Å². The Bertz CT molecular complexity index is 448. The lowest BCUT2D eigenvalue weighted by atomic mass is 10.2. The van der Waals surface area contributed by atoms with E-state index in [1.807, 2.05) is 0 Å². The Morgan fingerprint density at radius 2 is 1.60 bits per heavy atom. The minimum atomic E-state index is 1.12. The minimum Gasteiger partial charge on any atom is -0.0898 e. The highest BCUT2D eigenvalue weighted by Gasteiger charge is 1.99. The van der Waals surface area contributed by atoms with Crippen molar-refractivity contribution in [1.29, 1.82) is 0 Å². The van der Waals surface area contributed by atoms with Gasteiger partial charge in [0, 0.05) is 14.3 Å². The van der Waals surface area contributed by atoms with Crippen LogP contribution in [0.3, 0.4) is 0 Å². The third-order valence-corrected chi connectivity index (χ3v) is 3.85. The topological polar surface area (TPSA) is 0 Å². The van der Waals surface area contributed by atoms with E-state index >= 15 is 0 Å². The molecule has 0 aliphatic rings. The van der Waals surface area contributed by atoms with Gasteiger partial charge < -0.3 is 0 Å². The molecule has 0 nitrogen and oxygen atoms in total. The van der Waals surface area contributed by atoms with Gasteiger partial charge in [0.25, 0.3) is 0 Å². The van der Waals surface area contributed by atoms with Gasteiger partial charge in [-0.3, -0.25) is 0 Å². The first kappa shape index (κ1) is 10.8. The van der Waals surface area contributed by atoms with Gasteiger partial charge >= 0.3 is 0 Å². The zero-order valence-corrected chi connectivity index (χ0v) is 10.8. The molecular formula is C13H11BrS. The van der Waals surface area contributed by atoms with Crippen LogP contribution in [0.1, 0.15) is 5.56 Å². The van der Waals surface area contributed by atoms with E-state index in [2.05, 4.69) is 71.4 Å². The number of aryl methyl sites for hydroxylation is 1. The SMILES string of the molecule is Cc1ccccc1Sc1ccc(Br)cc1. The molecule has 0 aliphatic carbocycles. The third kappa shape index (κ3) is 2.86.